The normalized spacial score (nSPS) is 14.8. The highest BCUT2D eigenvalue weighted by molar-refractivity contribution is 5.61. The van der Waals surface area contributed by atoms with Gasteiger partial charge in [0.15, 0.2) is 5.82 Å². The second-order valence-electron chi connectivity index (χ2n) is 6.93. The molecule has 0 atom stereocenters. The van der Waals surface area contributed by atoms with Crippen LogP contribution in [0.3, 0.4) is 0 Å². The van der Waals surface area contributed by atoms with E-state index in [1.54, 1.807) is 0 Å². The lowest BCUT2D eigenvalue weighted by Gasteiger charge is -2.28. The van der Waals surface area contributed by atoms with Crippen LogP contribution in [0.25, 0.3) is 11.4 Å². The van der Waals surface area contributed by atoms with Crippen LogP contribution < -0.4 is 10.2 Å². The second kappa shape index (κ2) is 8.81. The lowest BCUT2D eigenvalue weighted by atomic mass is 10.1. The molecule has 0 unspecified atom stereocenters. The molecule has 25 heavy (non-hydrogen) atoms. The van der Waals surface area contributed by atoms with Gasteiger partial charge in [0.1, 0.15) is 11.6 Å². The number of nitrogens with one attached hydrogen (secondary N) is 1. The Balaban J connectivity index is 1.80. The molecule has 134 valence electrons. The first-order chi connectivity index (χ1) is 12.2. The quantitative estimate of drug-likeness (QED) is 0.782. The van der Waals surface area contributed by atoms with Crippen LogP contribution in [-0.4, -0.2) is 55.1 Å². The highest BCUT2D eigenvalue weighted by Gasteiger charge is 2.15. The molecular formula is C20H29N5. The number of hydrogen-bond acceptors (Lipinski definition) is 5. The van der Waals surface area contributed by atoms with Gasteiger partial charge in [0.25, 0.3) is 0 Å². The van der Waals surface area contributed by atoms with Gasteiger partial charge in [-0.1, -0.05) is 30.3 Å². The Bertz CT molecular complexity index is 650. The third kappa shape index (κ3) is 5.16. The van der Waals surface area contributed by atoms with E-state index in [-0.39, 0.29) is 0 Å². The minimum Gasteiger partial charge on any atom is -0.370 e. The number of hydrogen-bond donors (Lipinski definition) is 1. The average molecular weight is 339 g/mol. The summed E-state index contributed by atoms with van der Waals surface area (Å²) >= 11 is 0. The fraction of sp³-hybridized carbons (Fsp3) is 0.500. The van der Waals surface area contributed by atoms with Crippen molar-refractivity contribution in [2.75, 3.05) is 50.5 Å². The van der Waals surface area contributed by atoms with Gasteiger partial charge >= 0.3 is 0 Å². The standard InChI is InChI=1S/C20H29N5/c1-24(2)13-9-12-21-18-16-19(25-14-7-4-8-15-25)23-20(22-18)17-10-5-3-6-11-17/h3,5-6,10-11,16H,4,7-9,12-15H2,1-2H3,(H,21,22,23). The van der Waals surface area contributed by atoms with E-state index in [4.69, 9.17) is 9.97 Å². The van der Waals surface area contributed by atoms with Crippen molar-refractivity contribution in [3.63, 3.8) is 0 Å². The number of benzene rings is 1. The number of piperidine rings is 1. The molecule has 5 heteroatoms. The van der Waals surface area contributed by atoms with Gasteiger partial charge in [-0.15, -0.1) is 0 Å². The highest BCUT2D eigenvalue weighted by Crippen LogP contribution is 2.24. The average Bonchev–Trinajstić information content (AvgIpc) is 2.66. The zero-order valence-electron chi connectivity index (χ0n) is 15.4. The molecule has 1 saturated heterocycles. The summed E-state index contributed by atoms with van der Waals surface area (Å²) in [5, 5.41) is 3.49. The number of nitrogens with zero attached hydrogens (tertiary/aromatic N) is 4. The Morgan fingerprint density at radius 3 is 2.52 bits per heavy atom. The summed E-state index contributed by atoms with van der Waals surface area (Å²) in [6.45, 7) is 4.17. The summed E-state index contributed by atoms with van der Waals surface area (Å²) in [6, 6.07) is 12.4. The fourth-order valence-electron chi connectivity index (χ4n) is 3.14. The molecule has 0 amide bonds. The predicted molar refractivity (Wildman–Crippen MR) is 105 cm³/mol. The molecule has 0 bridgehead atoms. The smallest absolute Gasteiger partial charge is 0.163 e. The Morgan fingerprint density at radius 1 is 1.04 bits per heavy atom. The van der Waals surface area contributed by atoms with Crippen LogP contribution in [0, 0.1) is 0 Å². The van der Waals surface area contributed by atoms with Crippen molar-refractivity contribution in [2.24, 2.45) is 0 Å². The van der Waals surface area contributed by atoms with Crippen LogP contribution in [-0.2, 0) is 0 Å². The number of anilines is 2. The Hall–Kier alpha value is -2.14. The Labute approximate surface area is 151 Å². The molecule has 1 fully saturated rings. The molecule has 1 aromatic carbocycles. The maximum atomic E-state index is 4.85. The predicted octanol–water partition coefficient (Wildman–Crippen LogP) is 3.50. The van der Waals surface area contributed by atoms with E-state index in [1.807, 2.05) is 18.2 Å². The first-order valence-electron chi connectivity index (χ1n) is 9.30. The van der Waals surface area contributed by atoms with Crippen molar-refractivity contribution in [3.05, 3.63) is 36.4 Å². The van der Waals surface area contributed by atoms with Crippen LogP contribution >= 0.6 is 0 Å². The molecule has 0 aliphatic carbocycles. The minimum atomic E-state index is 0.804. The largest absolute Gasteiger partial charge is 0.370 e. The SMILES string of the molecule is CN(C)CCCNc1cc(N2CCCCC2)nc(-c2ccccc2)n1. The van der Waals surface area contributed by atoms with E-state index in [0.29, 0.717) is 0 Å². The van der Waals surface area contributed by atoms with Crippen molar-refractivity contribution in [1.29, 1.82) is 0 Å². The molecule has 2 aromatic rings. The highest BCUT2D eigenvalue weighted by atomic mass is 15.2. The van der Waals surface area contributed by atoms with E-state index in [2.05, 4.69) is 47.4 Å². The van der Waals surface area contributed by atoms with Crippen molar-refractivity contribution < 1.29 is 0 Å². The van der Waals surface area contributed by atoms with Crippen LogP contribution in [0.1, 0.15) is 25.7 Å². The summed E-state index contributed by atoms with van der Waals surface area (Å²) in [4.78, 5) is 14.2. The van der Waals surface area contributed by atoms with Crippen LogP contribution in [0.15, 0.2) is 36.4 Å². The van der Waals surface area contributed by atoms with Gasteiger partial charge in [0.05, 0.1) is 0 Å². The second-order valence-corrected chi connectivity index (χ2v) is 6.93. The summed E-state index contributed by atoms with van der Waals surface area (Å²) in [5.74, 6) is 2.77. The van der Waals surface area contributed by atoms with Gasteiger partial charge in [0, 0.05) is 31.3 Å². The minimum absolute atomic E-state index is 0.804. The maximum Gasteiger partial charge on any atom is 0.163 e. The van der Waals surface area contributed by atoms with E-state index >= 15 is 0 Å². The first kappa shape index (κ1) is 17.7. The lowest BCUT2D eigenvalue weighted by Crippen LogP contribution is -2.30. The van der Waals surface area contributed by atoms with Crippen molar-refractivity contribution >= 4 is 11.6 Å². The molecule has 0 spiro atoms. The van der Waals surface area contributed by atoms with Crippen molar-refractivity contribution in [1.82, 2.24) is 14.9 Å². The van der Waals surface area contributed by atoms with Gasteiger partial charge in [-0.25, -0.2) is 9.97 Å². The van der Waals surface area contributed by atoms with E-state index < -0.39 is 0 Å². The molecule has 2 heterocycles. The van der Waals surface area contributed by atoms with Crippen molar-refractivity contribution in [3.8, 4) is 11.4 Å². The third-order valence-corrected chi connectivity index (χ3v) is 4.51. The van der Waals surface area contributed by atoms with Gasteiger partial charge < -0.3 is 15.1 Å². The van der Waals surface area contributed by atoms with Gasteiger partial charge in [-0.2, -0.15) is 0 Å². The summed E-state index contributed by atoms with van der Waals surface area (Å²) in [7, 11) is 4.21. The summed E-state index contributed by atoms with van der Waals surface area (Å²) in [5.41, 5.74) is 1.07. The molecule has 1 aromatic heterocycles. The van der Waals surface area contributed by atoms with Gasteiger partial charge in [0.2, 0.25) is 0 Å². The van der Waals surface area contributed by atoms with E-state index in [1.165, 1.54) is 19.3 Å². The molecule has 1 aliphatic rings. The van der Waals surface area contributed by atoms with Gasteiger partial charge in [-0.3, -0.25) is 0 Å². The third-order valence-electron chi connectivity index (χ3n) is 4.51. The van der Waals surface area contributed by atoms with Crippen LogP contribution in [0.4, 0.5) is 11.6 Å². The Morgan fingerprint density at radius 2 is 1.80 bits per heavy atom. The topological polar surface area (TPSA) is 44.3 Å². The zero-order valence-corrected chi connectivity index (χ0v) is 15.4. The van der Waals surface area contributed by atoms with Crippen LogP contribution in [0.2, 0.25) is 0 Å². The fourth-order valence-corrected chi connectivity index (χ4v) is 3.14. The molecule has 1 N–H and O–H groups in total. The maximum absolute atomic E-state index is 4.85. The number of aromatic nitrogens is 2. The first-order valence-corrected chi connectivity index (χ1v) is 9.30. The molecule has 0 radical (unpaired) electrons. The van der Waals surface area contributed by atoms with E-state index in [0.717, 1.165) is 55.6 Å². The molecule has 0 saturated carbocycles. The zero-order chi connectivity index (χ0) is 17.5. The molecule has 3 rings (SSSR count). The molecule has 1 aliphatic heterocycles. The monoisotopic (exact) mass is 339 g/mol. The number of rotatable bonds is 7. The summed E-state index contributed by atoms with van der Waals surface area (Å²) in [6.07, 6.45) is 4.91. The molecular weight excluding hydrogens is 310 g/mol. The van der Waals surface area contributed by atoms with Gasteiger partial charge in [-0.05, 0) is 46.3 Å². The Kier molecular flexibility index (Phi) is 6.23. The van der Waals surface area contributed by atoms with Crippen LogP contribution in [0.5, 0.6) is 0 Å². The van der Waals surface area contributed by atoms with E-state index in [9.17, 15) is 0 Å². The molecule has 5 nitrogen and oxygen atoms in total. The summed E-state index contributed by atoms with van der Waals surface area (Å²) < 4.78 is 0. The van der Waals surface area contributed by atoms with Crippen molar-refractivity contribution in [2.45, 2.75) is 25.7 Å². The lowest BCUT2D eigenvalue weighted by molar-refractivity contribution is 0.405.